The van der Waals surface area contributed by atoms with Crippen LogP contribution in [0, 0.1) is 0 Å². The van der Waals surface area contributed by atoms with Crippen LogP contribution in [0.1, 0.15) is 22.8 Å². The monoisotopic (exact) mass is 381 g/mol. The van der Waals surface area contributed by atoms with Crippen molar-refractivity contribution < 1.29 is 14.3 Å². The fourth-order valence-electron chi connectivity index (χ4n) is 3.28. The van der Waals surface area contributed by atoms with Gasteiger partial charge in [0.2, 0.25) is 5.91 Å². The van der Waals surface area contributed by atoms with Gasteiger partial charge in [-0.2, -0.15) is 0 Å². The number of anilines is 1. The minimum Gasteiger partial charge on any atom is -0.497 e. The minimum atomic E-state index is -0.0307. The number of hydrogen-bond acceptors (Lipinski definition) is 4. The topological polar surface area (TPSA) is 61.9 Å². The van der Waals surface area contributed by atoms with Crippen LogP contribution in [-0.4, -0.2) is 61.4 Å². The smallest absolute Gasteiger partial charge is 0.254 e. The lowest BCUT2D eigenvalue weighted by Crippen LogP contribution is -2.50. The quantitative estimate of drug-likeness (QED) is 0.836. The Morgan fingerprint density at radius 2 is 1.75 bits per heavy atom. The van der Waals surface area contributed by atoms with Crippen molar-refractivity contribution in [3.63, 3.8) is 0 Å². The van der Waals surface area contributed by atoms with Crippen LogP contribution in [0.4, 0.5) is 5.69 Å². The Hall–Kier alpha value is -2.86. The summed E-state index contributed by atoms with van der Waals surface area (Å²) in [5, 5.41) is 2.94. The Balaban J connectivity index is 1.47. The summed E-state index contributed by atoms with van der Waals surface area (Å²) in [6, 6.07) is 15.1. The van der Waals surface area contributed by atoms with Crippen LogP contribution in [0.3, 0.4) is 0 Å². The minimum absolute atomic E-state index is 0.000912. The molecule has 0 saturated carbocycles. The molecule has 2 aromatic carbocycles. The van der Waals surface area contributed by atoms with Crippen molar-refractivity contribution in [2.75, 3.05) is 45.2 Å². The van der Waals surface area contributed by atoms with Gasteiger partial charge in [-0.3, -0.25) is 14.5 Å². The number of benzene rings is 2. The number of amides is 2. The van der Waals surface area contributed by atoms with Gasteiger partial charge in [-0.15, -0.1) is 0 Å². The van der Waals surface area contributed by atoms with Gasteiger partial charge in [0.15, 0.2) is 0 Å². The van der Waals surface area contributed by atoms with Gasteiger partial charge in [0.1, 0.15) is 5.75 Å². The first-order chi connectivity index (χ1) is 13.6. The van der Waals surface area contributed by atoms with E-state index in [-0.39, 0.29) is 11.8 Å². The van der Waals surface area contributed by atoms with Crippen molar-refractivity contribution in [2.45, 2.75) is 13.3 Å². The summed E-state index contributed by atoms with van der Waals surface area (Å²) in [7, 11) is 1.59. The third kappa shape index (κ3) is 5.10. The highest BCUT2D eigenvalue weighted by molar-refractivity contribution is 5.95. The van der Waals surface area contributed by atoms with Crippen LogP contribution < -0.4 is 10.1 Å². The van der Waals surface area contributed by atoms with Crippen molar-refractivity contribution in [1.29, 1.82) is 0 Å². The molecule has 0 bridgehead atoms. The predicted octanol–water partition coefficient (Wildman–Crippen LogP) is 2.65. The van der Waals surface area contributed by atoms with Crippen LogP contribution in [0.25, 0.3) is 0 Å². The molecular formula is C22H27N3O3. The molecule has 1 aliphatic rings. The second kappa shape index (κ2) is 9.37. The Kier molecular flexibility index (Phi) is 6.66. The summed E-state index contributed by atoms with van der Waals surface area (Å²) >= 11 is 0. The van der Waals surface area contributed by atoms with Crippen LogP contribution in [0.5, 0.6) is 5.75 Å². The van der Waals surface area contributed by atoms with Crippen molar-refractivity contribution in [3.05, 3.63) is 59.7 Å². The molecule has 0 unspecified atom stereocenters. The lowest BCUT2D eigenvalue weighted by Gasteiger charge is -2.34. The highest BCUT2D eigenvalue weighted by atomic mass is 16.5. The largest absolute Gasteiger partial charge is 0.497 e. The maximum atomic E-state index is 12.7. The van der Waals surface area contributed by atoms with Crippen molar-refractivity contribution in [1.82, 2.24) is 9.80 Å². The van der Waals surface area contributed by atoms with Crippen LogP contribution >= 0.6 is 0 Å². The Morgan fingerprint density at radius 3 is 2.39 bits per heavy atom. The fourth-order valence-corrected chi connectivity index (χ4v) is 3.28. The second-order valence-corrected chi connectivity index (χ2v) is 6.90. The van der Waals surface area contributed by atoms with Crippen LogP contribution in [-0.2, 0) is 11.2 Å². The standard InChI is InChI=1S/C22H27N3O3/c1-3-17-7-9-19(10-8-17)23-21(26)16-24-11-13-25(14-12-24)22(27)18-5-4-6-20(15-18)28-2/h4-10,15H,3,11-14,16H2,1-2H3,(H,23,26). The number of piperazine rings is 1. The van der Waals surface area contributed by atoms with Gasteiger partial charge in [-0.1, -0.05) is 25.1 Å². The van der Waals surface area contributed by atoms with Gasteiger partial charge >= 0.3 is 0 Å². The fraction of sp³-hybridized carbons (Fsp3) is 0.364. The molecule has 0 spiro atoms. The normalized spacial score (nSPS) is 14.6. The number of aryl methyl sites for hydroxylation is 1. The number of carbonyl (C=O) groups is 2. The van der Waals surface area contributed by atoms with Crippen molar-refractivity contribution in [2.24, 2.45) is 0 Å². The highest BCUT2D eigenvalue weighted by Crippen LogP contribution is 2.16. The van der Waals surface area contributed by atoms with E-state index in [2.05, 4.69) is 17.1 Å². The third-order valence-electron chi connectivity index (χ3n) is 4.99. The molecule has 1 heterocycles. The SMILES string of the molecule is CCc1ccc(NC(=O)CN2CCN(C(=O)c3cccc(OC)c3)CC2)cc1. The number of nitrogens with one attached hydrogen (secondary N) is 1. The average molecular weight is 381 g/mol. The van der Waals surface area contributed by atoms with Gasteiger partial charge in [0.05, 0.1) is 13.7 Å². The molecule has 2 amide bonds. The van der Waals surface area contributed by atoms with Crippen molar-refractivity contribution >= 4 is 17.5 Å². The number of carbonyl (C=O) groups excluding carboxylic acids is 2. The van der Waals surface area contributed by atoms with E-state index in [1.54, 1.807) is 19.2 Å². The Bertz CT molecular complexity index is 812. The van der Waals surface area contributed by atoms with Gasteiger partial charge in [-0.25, -0.2) is 0 Å². The summed E-state index contributed by atoms with van der Waals surface area (Å²) in [4.78, 5) is 28.9. The van der Waals surface area contributed by atoms with E-state index >= 15 is 0 Å². The summed E-state index contributed by atoms with van der Waals surface area (Å²) in [6.07, 6.45) is 0.979. The highest BCUT2D eigenvalue weighted by Gasteiger charge is 2.23. The van der Waals surface area contributed by atoms with Gasteiger partial charge in [0, 0.05) is 37.4 Å². The molecule has 0 aromatic heterocycles. The number of nitrogens with zero attached hydrogens (tertiary/aromatic N) is 2. The van der Waals surface area contributed by atoms with Crippen molar-refractivity contribution in [3.8, 4) is 5.75 Å². The van der Waals surface area contributed by atoms with Gasteiger partial charge in [-0.05, 0) is 42.3 Å². The van der Waals surface area contributed by atoms with E-state index in [4.69, 9.17) is 4.74 Å². The zero-order valence-corrected chi connectivity index (χ0v) is 16.5. The van der Waals surface area contributed by atoms with E-state index in [0.29, 0.717) is 44.0 Å². The molecule has 6 nitrogen and oxygen atoms in total. The maximum Gasteiger partial charge on any atom is 0.254 e. The zero-order valence-electron chi connectivity index (χ0n) is 16.5. The lowest BCUT2D eigenvalue weighted by atomic mass is 10.1. The van der Waals surface area contributed by atoms with Gasteiger partial charge in [0.25, 0.3) is 5.91 Å². The van der Waals surface area contributed by atoms with E-state index < -0.39 is 0 Å². The predicted molar refractivity (Wildman–Crippen MR) is 110 cm³/mol. The molecular weight excluding hydrogens is 354 g/mol. The molecule has 1 aliphatic heterocycles. The van der Waals surface area contributed by atoms with E-state index in [1.807, 2.05) is 41.3 Å². The maximum absolute atomic E-state index is 12.7. The Morgan fingerprint density at radius 1 is 1.04 bits per heavy atom. The van der Waals surface area contributed by atoms with E-state index in [9.17, 15) is 9.59 Å². The molecule has 6 heteroatoms. The van der Waals surface area contributed by atoms with E-state index in [1.165, 1.54) is 5.56 Å². The first-order valence-electron chi connectivity index (χ1n) is 9.63. The first-order valence-corrected chi connectivity index (χ1v) is 9.63. The third-order valence-corrected chi connectivity index (χ3v) is 4.99. The molecule has 0 atom stereocenters. The number of ether oxygens (including phenoxy) is 1. The summed E-state index contributed by atoms with van der Waals surface area (Å²) in [6.45, 7) is 5.00. The zero-order chi connectivity index (χ0) is 19.9. The lowest BCUT2D eigenvalue weighted by molar-refractivity contribution is -0.117. The number of hydrogen-bond donors (Lipinski definition) is 1. The molecule has 3 rings (SSSR count). The summed E-state index contributed by atoms with van der Waals surface area (Å²) in [5.41, 5.74) is 2.69. The molecule has 2 aromatic rings. The molecule has 0 radical (unpaired) electrons. The first kappa shape index (κ1) is 19.9. The molecule has 148 valence electrons. The number of methoxy groups -OCH3 is 1. The summed E-state index contributed by atoms with van der Waals surface area (Å²) in [5.74, 6) is 0.643. The number of rotatable bonds is 6. The Labute approximate surface area is 166 Å². The van der Waals surface area contributed by atoms with E-state index in [0.717, 1.165) is 12.1 Å². The molecule has 1 N–H and O–H groups in total. The van der Waals surface area contributed by atoms with Crippen LogP contribution in [0.2, 0.25) is 0 Å². The molecule has 1 saturated heterocycles. The second-order valence-electron chi connectivity index (χ2n) is 6.90. The molecule has 28 heavy (non-hydrogen) atoms. The molecule has 0 aliphatic carbocycles. The summed E-state index contributed by atoms with van der Waals surface area (Å²) < 4.78 is 5.19. The molecule has 1 fully saturated rings. The average Bonchev–Trinajstić information content (AvgIpc) is 2.74. The van der Waals surface area contributed by atoms with Gasteiger partial charge < -0.3 is 15.0 Å². The van der Waals surface area contributed by atoms with Crippen LogP contribution in [0.15, 0.2) is 48.5 Å².